The summed E-state index contributed by atoms with van der Waals surface area (Å²) in [5.41, 5.74) is 2.25. The van der Waals surface area contributed by atoms with Crippen LogP contribution in [0.5, 0.6) is 0 Å². The highest BCUT2D eigenvalue weighted by Crippen LogP contribution is 2.22. The summed E-state index contributed by atoms with van der Waals surface area (Å²) in [5, 5.41) is 0. The van der Waals surface area contributed by atoms with Gasteiger partial charge in [-0.2, -0.15) is 0 Å². The molecular formula is C13H26N4O2. The Hall–Kier alpha value is -0.690. The zero-order valence-corrected chi connectivity index (χ0v) is 12.0. The van der Waals surface area contributed by atoms with Crippen molar-refractivity contribution in [3.8, 4) is 0 Å². The van der Waals surface area contributed by atoms with Crippen molar-refractivity contribution in [2.45, 2.75) is 32.4 Å². The number of nitrogens with zero attached hydrogens (tertiary/aromatic N) is 2. The smallest absolute Gasteiger partial charge is 0.238 e. The van der Waals surface area contributed by atoms with Gasteiger partial charge in [-0.15, -0.1) is 0 Å². The molecule has 0 saturated carbocycles. The number of hydrogen-bond acceptors (Lipinski definition) is 5. The van der Waals surface area contributed by atoms with Crippen molar-refractivity contribution in [1.82, 2.24) is 15.2 Å². The van der Waals surface area contributed by atoms with Crippen LogP contribution in [0.2, 0.25) is 0 Å². The van der Waals surface area contributed by atoms with Gasteiger partial charge in [0.15, 0.2) is 0 Å². The molecule has 6 nitrogen and oxygen atoms in total. The second-order valence-electron chi connectivity index (χ2n) is 5.62. The maximum atomic E-state index is 11.6. The van der Waals surface area contributed by atoms with Crippen LogP contribution in [0.1, 0.15) is 20.3 Å². The predicted molar refractivity (Wildman–Crippen MR) is 73.3 cm³/mol. The van der Waals surface area contributed by atoms with Crippen molar-refractivity contribution in [3.05, 3.63) is 0 Å². The van der Waals surface area contributed by atoms with Gasteiger partial charge in [0, 0.05) is 38.3 Å². The van der Waals surface area contributed by atoms with Gasteiger partial charge in [-0.05, 0) is 13.3 Å². The number of ether oxygens (including phenoxy) is 1. The molecule has 3 N–H and O–H groups in total. The Morgan fingerprint density at radius 3 is 2.63 bits per heavy atom. The zero-order chi connectivity index (χ0) is 13.8. The van der Waals surface area contributed by atoms with Gasteiger partial charge < -0.3 is 4.74 Å². The molecule has 1 amide bonds. The summed E-state index contributed by atoms with van der Waals surface area (Å²) in [6, 6.07) is 0.842. The topological polar surface area (TPSA) is 70.8 Å². The number of hydrogen-bond donors (Lipinski definition) is 2. The van der Waals surface area contributed by atoms with Gasteiger partial charge in [0.05, 0.1) is 19.1 Å². The molecule has 2 rings (SSSR count). The number of amides is 1. The minimum absolute atomic E-state index is 0.0755. The lowest BCUT2D eigenvalue weighted by Gasteiger charge is -2.33. The molecule has 6 heteroatoms. The lowest BCUT2D eigenvalue weighted by atomic mass is 10.0. The van der Waals surface area contributed by atoms with Gasteiger partial charge in [-0.1, -0.05) is 6.92 Å². The summed E-state index contributed by atoms with van der Waals surface area (Å²) < 4.78 is 5.40. The molecule has 2 aliphatic heterocycles. The fourth-order valence-corrected chi connectivity index (χ4v) is 3.05. The fraction of sp³-hybridized carbons (Fsp3) is 0.923. The van der Waals surface area contributed by atoms with Gasteiger partial charge in [-0.3, -0.25) is 20.0 Å². The van der Waals surface area contributed by atoms with Crippen LogP contribution in [0.25, 0.3) is 0 Å². The van der Waals surface area contributed by atoms with Crippen molar-refractivity contribution in [1.29, 1.82) is 0 Å². The van der Waals surface area contributed by atoms with Crippen LogP contribution < -0.4 is 11.3 Å². The van der Waals surface area contributed by atoms with Gasteiger partial charge in [0.25, 0.3) is 0 Å². The van der Waals surface area contributed by atoms with Gasteiger partial charge in [-0.25, -0.2) is 5.84 Å². The zero-order valence-electron chi connectivity index (χ0n) is 12.0. The van der Waals surface area contributed by atoms with E-state index in [2.05, 4.69) is 22.1 Å². The first-order chi connectivity index (χ1) is 9.13. The number of rotatable bonds is 4. The molecule has 0 radical (unpaired) electrons. The Bertz CT molecular complexity index is 307. The quantitative estimate of drug-likeness (QED) is 0.406. The van der Waals surface area contributed by atoms with Crippen molar-refractivity contribution >= 4 is 5.91 Å². The third-order valence-corrected chi connectivity index (χ3v) is 4.61. The third-order valence-electron chi connectivity index (χ3n) is 4.61. The standard InChI is InChI=1S/C13H26N4O2/c1-10(13(18)15-14)11(2)17-4-3-12(9-17)16-5-7-19-8-6-16/h10-12H,3-9,14H2,1-2H3,(H,15,18). The second kappa shape index (κ2) is 6.65. The van der Waals surface area contributed by atoms with E-state index in [0.29, 0.717) is 6.04 Å². The molecular weight excluding hydrogens is 244 g/mol. The van der Waals surface area contributed by atoms with E-state index in [1.54, 1.807) is 0 Å². The van der Waals surface area contributed by atoms with Crippen molar-refractivity contribution < 1.29 is 9.53 Å². The first kappa shape index (κ1) is 14.7. The largest absolute Gasteiger partial charge is 0.379 e. The van der Waals surface area contributed by atoms with Crippen LogP contribution in [-0.4, -0.2) is 67.2 Å². The normalized spacial score (nSPS) is 29.1. The Morgan fingerprint density at radius 2 is 2.00 bits per heavy atom. The predicted octanol–water partition coefficient (Wildman–Crippen LogP) is -0.593. The van der Waals surface area contributed by atoms with Crippen LogP contribution in [0.4, 0.5) is 0 Å². The molecule has 110 valence electrons. The van der Waals surface area contributed by atoms with E-state index in [9.17, 15) is 4.79 Å². The molecule has 0 bridgehead atoms. The number of morpholine rings is 1. The summed E-state index contributed by atoms with van der Waals surface area (Å²) in [6.07, 6.45) is 1.18. The van der Waals surface area contributed by atoms with Crippen LogP contribution in [0.15, 0.2) is 0 Å². The van der Waals surface area contributed by atoms with Crippen molar-refractivity contribution in [3.63, 3.8) is 0 Å². The molecule has 3 atom stereocenters. The summed E-state index contributed by atoms with van der Waals surface area (Å²) in [5.74, 6) is 5.06. The Labute approximate surface area is 115 Å². The number of carbonyl (C=O) groups is 1. The van der Waals surface area contributed by atoms with Crippen LogP contribution in [-0.2, 0) is 9.53 Å². The van der Waals surface area contributed by atoms with E-state index < -0.39 is 0 Å². The highest BCUT2D eigenvalue weighted by Gasteiger charge is 2.34. The van der Waals surface area contributed by atoms with Gasteiger partial charge in [0.2, 0.25) is 5.91 Å². The average Bonchev–Trinajstić information content (AvgIpc) is 2.95. The molecule has 0 spiro atoms. The second-order valence-corrected chi connectivity index (χ2v) is 5.62. The molecule has 3 unspecified atom stereocenters. The van der Waals surface area contributed by atoms with E-state index >= 15 is 0 Å². The summed E-state index contributed by atoms with van der Waals surface area (Å²) in [7, 11) is 0. The molecule has 2 heterocycles. The van der Waals surface area contributed by atoms with Crippen LogP contribution in [0, 0.1) is 5.92 Å². The summed E-state index contributed by atoms with van der Waals surface area (Å²) in [6.45, 7) is 9.92. The Kier molecular flexibility index (Phi) is 5.15. The minimum Gasteiger partial charge on any atom is -0.379 e. The van der Waals surface area contributed by atoms with E-state index in [0.717, 1.165) is 39.4 Å². The van der Waals surface area contributed by atoms with Crippen LogP contribution in [0.3, 0.4) is 0 Å². The summed E-state index contributed by atoms with van der Waals surface area (Å²) >= 11 is 0. The first-order valence-corrected chi connectivity index (χ1v) is 7.19. The van der Waals surface area contributed by atoms with E-state index in [4.69, 9.17) is 10.6 Å². The Morgan fingerprint density at radius 1 is 1.32 bits per heavy atom. The van der Waals surface area contributed by atoms with Crippen molar-refractivity contribution in [2.24, 2.45) is 11.8 Å². The maximum absolute atomic E-state index is 11.6. The number of nitrogens with one attached hydrogen (secondary N) is 1. The summed E-state index contributed by atoms with van der Waals surface area (Å²) in [4.78, 5) is 16.5. The van der Waals surface area contributed by atoms with E-state index in [-0.39, 0.29) is 17.9 Å². The minimum atomic E-state index is -0.0812. The molecule has 0 aromatic rings. The number of carbonyl (C=O) groups excluding carboxylic acids is 1. The molecule has 2 fully saturated rings. The third kappa shape index (κ3) is 3.45. The van der Waals surface area contributed by atoms with Gasteiger partial charge >= 0.3 is 0 Å². The van der Waals surface area contributed by atoms with Crippen LogP contribution >= 0.6 is 0 Å². The van der Waals surface area contributed by atoms with E-state index in [1.165, 1.54) is 6.42 Å². The lowest BCUT2D eigenvalue weighted by molar-refractivity contribution is -0.126. The molecule has 19 heavy (non-hydrogen) atoms. The molecule has 0 aliphatic carbocycles. The molecule has 2 saturated heterocycles. The molecule has 2 aliphatic rings. The SMILES string of the molecule is CC(C(=O)NN)C(C)N1CCC(N2CCOCC2)C1. The highest BCUT2D eigenvalue weighted by atomic mass is 16.5. The molecule has 0 aromatic carbocycles. The fourth-order valence-electron chi connectivity index (χ4n) is 3.05. The highest BCUT2D eigenvalue weighted by molar-refractivity contribution is 5.78. The lowest BCUT2D eigenvalue weighted by Crippen LogP contribution is -2.48. The van der Waals surface area contributed by atoms with Gasteiger partial charge in [0.1, 0.15) is 0 Å². The number of nitrogens with two attached hydrogens (primary N) is 1. The van der Waals surface area contributed by atoms with Crippen molar-refractivity contribution in [2.75, 3.05) is 39.4 Å². The number of likely N-dealkylation sites (tertiary alicyclic amines) is 1. The Balaban J connectivity index is 1.85. The number of hydrazine groups is 1. The molecule has 0 aromatic heterocycles. The van der Waals surface area contributed by atoms with E-state index in [1.807, 2.05) is 6.92 Å². The monoisotopic (exact) mass is 270 g/mol. The average molecular weight is 270 g/mol. The maximum Gasteiger partial charge on any atom is 0.238 e. The first-order valence-electron chi connectivity index (χ1n) is 7.19.